The Morgan fingerprint density at radius 3 is 2.77 bits per heavy atom. The number of aromatic amines is 2. The van der Waals surface area contributed by atoms with Gasteiger partial charge in [-0.3, -0.25) is 10.1 Å². The lowest BCUT2D eigenvalue weighted by Crippen LogP contribution is -2.20. The van der Waals surface area contributed by atoms with Crippen molar-refractivity contribution < 1.29 is 4.39 Å². The molecule has 8 heteroatoms. The summed E-state index contributed by atoms with van der Waals surface area (Å²) in [5.74, 6) is -0.272. The van der Waals surface area contributed by atoms with E-state index in [2.05, 4.69) is 49.1 Å². The lowest BCUT2D eigenvalue weighted by atomic mass is 9.95. The van der Waals surface area contributed by atoms with Gasteiger partial charge in [0.05, 0.1) is 16.9 Å². The molecular weight excluding hydrogens is 537 g/mol. The number of H-pyrrole nitrogens is 2. The van der Waals surface area contributed by atoms with E-state index in [0.29, 0.717) is 6.54 Å². The average Bonchev–Trinajstić information content (AvgIpc) is 3.76. The van der Waals surface area contributed by atoms with Crippen LogP contribution in [0.5, 0.6) is 0 Å². The van der Waals surface area contributed by atoms with Crippen molar-refractivity contribution in [2.24, 2.45) is 0 Å². The maximum atomic E-state index is 14.6. The minimum atomic E-state index is -0.272. The summed E-state index contributed by atoms with van der Waals surface area (Å²) in [5, 5.41) is 10.9. The molecule has 0 spiro atoms. The van der Waals surface area contributed by atoms with Crippen LogP contribution in [0.1, 0.15) is 47.2 Å². The number of hydrogen-bond donors (Lipinski definition) is 3. The largest absolute Gasteiger partial charge is 0.357 e. The second-order valence-corrected chi connectivity index (χ2v) is 11.3. The summed E-state index contributed by atoms with van der Waals surface area (Å²) in [6.07, 6.45) is 12.3. The Morgan fingerprint density at radius 1 is 1.09 bits per heavy atom. The van der Waals surface area contributed by atoms with Crippen molar-refractivity contribution in [3.8, 4) is 22.6 Å². The van der Waals surface area contributed by atoms with Crippen LogP contribution in [0.3, 0.4) is 0 Å². The molecule has 0 atom stereocenters. The third-order valence-electron chi connectivity index (χ3n) is 8.13. The molecule has 6 rings (SSSR count). The molecule has 5 aromatic rings. The predicted molar refractivity (Wildman–Crippen MR) is 172 cm³/mol. The SMILES string of the molecule is C=C/C=C(/c1cc(F)cc(CNC)c1)c1cc(-c2n[nH]c3ccc(-c4cncc(CCCN5CCCC5)c4)nc23)[nH]c1C. The number of halogens is 1. The maximum Gasteiger partial charge on any atom is 0.135 e. The number of aromatic nitrogens is 5. The number of likely N-dealkylation sites (tertiary alicyclic amines) is 1. The highest BCUT2D eigenvalue weighted by Crippen LogP contribution is 2.34. The Balaban J connectivity index is 1.30. The number of aryl methyl sites for hydroxylation is 2. The molecule has 1 aliphatic rings. The van der Waals surface area contributed by atoms with Crippen LogP contribution in [0, 0.1) is 12.7 Å². The molecule has 1 fully saturated rings. The van der Waals surface area contributed by atoms with Crippen molar-refractivity contribution in [3.05, 3.63) is 107 Å². The zero-order valence-corrected chi connectivity index (χ0v) is 24.9. The topological polar surface area (TPSA) is 85.5 Å². The first-order valence-corrected chi connectivity index (χ1v) is 15.0. The summed E-state index contributed by atoms with van der Waals surface area (Å²) >= 11 is 0. The number of hydrogen-bond acceptors (Lipinski definition) is 5. The highest BCUT2D eigenvalue weighted by atomic mass is 19.1. The van der Waals surface area contributed by atoms with Crippen molar-refractivity contribution in [3.63, 3.8) is 0 Å². The van der Waals surface area contributed by atoms with Gasteiger partial charge >= 0.3 is 0 Å². The van der Waals surface area contributed by atoms with E-state index in [9.17, 15) is 4.39 Å². The van der Waals surface area contributed by atoms with E-state index < -0.39 is 0 Å². The van der Waals surface area contributed by atoms with Gasteiger partial charge in [0.15, 0.2) is 0 Å². The van der Waals surface area contributed by atoms with Gasteiger partial charge in [-0.05, 0) is 124 Å². The van der Waals surface area contributed by atoms with Gasteiger partial charge in [0.2, 0.25) is 0 Å². The Kier molecular flexibility index (Phi) is 8.58. The lowest BCUT2D eigenvalue weighted by Gasteiger charge is -2.14. The molecule has 3 N–H and O–H groups in total. The Bertz CT molecular complexity index is 1770. The Hall–Kier alpha value is -4.40. The van der Waals surface area contributed by atoms with Crippen molar-refractivity contribution in [1.82, 2.24) is 35.4 Å². The van der Waals surface area contributed by atoms with Gasteiger partial charge in [-0.1, -0.05) is 18.7 Å². The van der Waals surface area contributed by atoms with Crippen LogP contribution in [0.2, 0.25) is 0 Å². The van der Waals surface area contributed by atoms with Crippen LogP contribution in [0.25, 0.3) is 39.3 Å². The van der Waals surface area contributed by atoms with E-state index >= 15 is 0 Å². The molecule has 1 aliphatic heterocycles. The third kappa shape index (κ3) is 6.35. The molecule has 0 bridgehead atoms. The summed E-state index contributed by atoms with van der Waals surface area (Å²) < 4.78 is 14.6. The molecule has 0 aliphatic carbocycles. The van der Waals surface area contributed by atoms with Gasteiger partial charge in [0.1, 0.15) is 17.0 Å². The zero-order chi connectivity index (χ0) is 29.8. The molecule has 0 amide bonds. The summed E-state index contributed by atoms with van der Waals surface area (Å²) in [6.45, 7) is 10.1. The second-order valence-electron chi connectivity index (χ2n) is 11.3. The number of benzene rings is 1. The van der Waals surface area contributed by atoms with Crippen molar-refractivity contribution in [2.75, 3.05) is 26.7 Å². The lowest BCUT2D eigenvalue weighted by molar-refractivity contribution is 0.334. The van der Waals surface area contributed by atoms with Crippen LogP contribution in [0.15, 0.2) is 73.6 Å². The van der Waals surface area contributed by atoms with E-state index in [0.717, 1.165) is 81.0 Å². The van der Waals surface area contributed by atoms with E-state index in [4.69, 9.17) is 4.98 Å². The highest BCUT2D eigenvalue weighted by Gasteiger charge is 2.18. The minimum absolute atomic E-state index is 0.272. The zero-order valence-electron chi connectivity index (χ0n) is 24.9. The van der Waals surface area contributed by atoms with Crippen LogP contribution < -0.4 is 5.32 Å². The molecule has 7 nitrogen and oxygen atoms in total. The van der Waals surface area contributed by atoms with Gasteiger partial charge in [0, 0.05) is 35.8 Å². The Labute approximate surface area is 252 Å². The van der Waals surface area contributed by atoms with E-state index in [1.165, 1.54) is 31.5 Å². The summed E-state index contributed by atoms with van der Waals surface area (Å²) in [7, 11) is 1.85. The monoisotopic (exact) mass is 575 g/mol. The van der Waals surface area contributed by atoms with Gasteiger partial charge in [-0.15, -0.1) is 0 Å². The van der Waals surface area contributed by atoms with Crippen molar-refractivity contribution in [1.29, 1.82) is 0 Å². The van der Waals surface area contributed by atoms with Crippen LogP contribution >= 0.6 is 0 Å². The molecule has 1 aromatic carbocycles. The normalized spacial score (nSPS) is 14.2. The fraction of sp³-hybridized carbons (Fsp3) is 0.286. The van der Waals surface area contributed by atoms with E-state index in [1.54, 1.807) is 18.2 Å². The second kappa shape index (κ2) is 12.9. The fourth-order valence-corrected chi connectivity index (χ4v) is 6.06. The van der Waals surface area contributed by atoms with Crippen LogP contribution in [-0.2, 0) is 13.0 Å². The number of pyridine rings is 2. The van der Waals surface area contributed by atoms with Gasteiger partial charge in [0.25, 0.3) is 0 Å². The quantitative estimate of drug-likeness (QED) is 0.150. The fourth-order valence-electron chi connectivity index (χ4n) is 6.06. The highest BCUT2D eigenvalue weighted by molar-refractivity contribution is 5.92. The maximum absolute atomic E-state index is 14.6. The van der Waals surface area contributed by atoms with Gasteiger partial charge in [-0.2, -0.15) is 5.10 Å². The molecule has 4 aromatic heterocycles. The molecule has 220 valence electrons. The predicted octanol–water partition coefficient (Wildman–Crippen LogP) is 6.83. The van der Waals surface area contributed by atoms with Gasteiger partial charge in [-0.25, -0.2) is 9.37 Å². The molecule has 43 heavy (non-hydrogen) atoms. The van der Waals surface area contributed by atoms with Crippen molar-refractivity contribution >= 4 is 16.6 Å². The van der Waals surface area contributed by atoms with E-state index in [1.807, 2.05) is 50.6 Å². The first-order valence-electron chi connectivity index (χ1n) is 15.0. The standard InChI is InChI=1S/C35H38FN7/c1-4-8-29(26-16-25(20-37-3)17-28(36)18-26)30-19-33(39-23(30)2)35-34-32(41-42-35)11-10-31(40-34)27-15-24(21-38-22-27)9-7-14-43-12-5-6-13-43/h4,8,10-11,15-19,21-22,37,39H,1,5-7,9,12-14,20H2,2-3H3,(H,41,42)/b29-8-. The summed E-state index contributed by atoms with van der Waals surface area (Å²) in [5.41, 5.74) is 10.7. The molecule has 0 radical (unpaired) electrons. The third-order valence-corrected chi connectivity index (χ3v) is 8.13. The smallest absolute Gasteiger partial charge is 0.135 e. The molecule has 5 heterocycles. The number of fused-ring (bicyclic) bond motifs is 1. The summed E-state index contributed by atoms with van der Waals surface area (Å²) in [4.78, 5) is 15.6. The number of nitrogens with zero attached hydrogens (tertiary/aromatic N) is 4. The van der Waals surface area contributed by atoms with E-state index in [-0.39, 0.29) is 5.82 Å². The van der Waals surface area contributed by atoms with Gasteiger partial charge < -0.3 is 15.2 Å². The average molecular weight is 576 g/mol. The molecule has 1 saturated heterocycles. The first-order chi connectivity index (χ1) is 21.0. The van der Waals surface area contributed by atoms with Crippen LogP contribution in [0.4, 0.5) is 4.39 Å². The first kappa shape index (κ1) is 28.7. The number of rotatable bonds is 11. The Morgan fingerprint density at radius 2 is 1.95 bits per heavy atom. The molecule has 0 saturated carbocycles. The number of allylic oxidation sites excluding steroid dienone is 2. The molecule has 0 unspecified atom stereocenters. The van der Waals surface area contributed by atoms with Crippen LogP contribution in [-0.4, -0.2) is 56.7 Å². The van der Waals surface area contributed by atoms with Crippen molar-refractivity contribution in [2.45, 2.75) is 39.2 Å². The molecular formula is C35H38FN7. The number of nitrogens with one attached hydrogen (secondary N) is 3. The summed E-state index contributed by atoms with van der Waals surface area (Å²) in [6, 6.07) is 13.4. The minimum Gasteiger partial charge on any atom is -0.357 e.